The molecule has 0 saturated heterocycles. The van der Waals surface area contributed by atoms with Gasteiger partial charge in [0.05, 0.1) is 0 Å². The number of benzene rings is 1. The van der Waals surface area contributed by atoms with Crippen LogP contribution in [0.2, 0.25) is 0 Å². The van der Waals surface area contributed by atoms with E-state index in [4.69, 9.17) is 0 Å². The monoisotopic (exact) mass is 234 g/mol. The van der Waals surface area contributed by atoms with E-state index < -0.39 is 0 Å². The Kier molecular flexibility index (Phi) is 2.65. The number of hydrogen-bond acceptors (Lipinski definition) is 0. The summed E-state index contributed by atoms with van der Waals surface area (Å²) in [6.07, 6.45) is 8.66. The van der Waals surface area contributed by atoms with Crippen LogP contribution in [0.15, 0.2) is 48.6 Å². The molecule has 0 aliphatic heterocycles. The number of rotatable bonds is 2. The van der Waals surface area contributed by atoms with Gasteiger partial charge in [0.25, 0.3) is 0 Å². The number of hydrogen-bond donors (Lipinski definition) is 0. The summed E-state index contributed by atoms with van der Waals surface area (Å²) in [5.74, 6) is 0.480. The van der Waals surface area contributed by atoms with Crippen molar-refractivity contribution in [3.05, 3.63) is 59.7 Å². The Morgan fingerprint density at radius 3 is 2.46 bits per heavy atom. The van der Waals surface area contributed by atoms with E-state index >= 15 is 0 Å². The van der Waals surface area contributed by atoms with Crippen LogP contribution in [0.25, 0.3) is 0 Å². The number of alkyl halides is 1. The maximum absolute atomic E-state index is 3.51. The Hall–Kier alpha value is -0.820. The predicted molar refractivity (Wildman–Crippen MR) is 60.1 cm³/mol. The minimum Gasteiger partial charge on any atom is -0.0876 e. The molecule has 0 atom stereocenters. The van der Waals surface area contributed by atoms with Gasteiger partial charge in [0.2, 0.25) is 0 Å². The van der Waals surface area contributed by atoms with Crippen LogP contribution in [-0.4, -0.2) is 0 Å². The van der Waals surface area contributed by atoms with Crippen LogP contribution in [0.4, 0.5) is 0 Å². The lowest BCUT2D eigenvalue weighted by Gasteiger charge is -2.10. The van der Waals surface area contributed by atoms with Crippen molar-refractivity contribution >= 4 is 15.9 Å². The molecule has 0 spiro atoms. The first kappa shape index (κ1) is 8.76. The lowest BCUT2D eigenvalue weighted by molar-refractivity contribution is 1.07. The average molecular weight is 235 g/mol. The molecule has 0 fully saturated rings. The third-order valence-electron chi connectivity index (χ3n) is 2.31. The first-order chi connectivity index (χ1) is 6.42. The van der Waals surface area contributed by atoms with Crippen LogP contribution in [0.3, 0.4) is 0 Å². The Balaban J connectivity index is 2.38. The SMILES string of the molecule is BrCc1ccccc1C1C=CC=C1. The van der Waals surface area contributed by atoms with Crippen molar-refractivity contribution in [3.63, 3.8) is 0 Å². The van der Waals surface area contributed by atoms with Crippen LogP contribution in [0, 0.1) is 0 Å². The second kappa shape index (κ2) is 3.93. The third-order valence-corrected chi connectivity index (χ3v) is 2.91. The van der Waals surface area contributed by atoms with Crippen molar-refractivity contribution in [2.45, 2.75) is 11.2 Å². The highest BCUT2D eigenvalue weighted by Crippen LogP contribution is 2.27. The molecule has 0 saturated carbocycles. The highest BCUT2D eigenvalue weighted by atomic mass is 79.9. The van der Waals surface area contributed by atoms with E-state index in [1.165, 1.54) is 11.1 Å². The summed E-state index contributed by atoms with van der Waals surface area (Å²) in [6, 6.07) is 8.55. The van der Waals surface area contributed by atoms with Crippen molar-refractivity contribution < 1.29 is 0 Å². The van der Waals surface area contributed by atoms with E-state index in [0.717, 1.165) is 5.33 Å². The van der Waals surface area contributed by atoms with Crippen LogP contribution in [0.5, 0.6) is 0 Å². The van der Waals surface area contributed by atoms with E-state index in [0.29, 0.717) is 5.92 Å². The molecule has 1 aliphatic rings. The fraction of sp³-hybridized carbons (Fsp3) is 0.167. The minimum atomic E-state index is 0.480. The molecule has 0 nitrogen and oxygen atoms in total. The van der Waals surface area contributed by atoms with E-state index in [9.17, 15) is 0 Å². The first-order valence-electron chi connectivity index (χ1n) is 4.40. The summed E-state index contributed by atoms with van der Waals surface area (Å²) in [5, 5.41) is 0.932. The van der Waals surface area contributed by atoms with Crippen LogP contribution in [0.1, 0.15) is 17.0 Å². The van der Waals surface area contributed by atoms with Gasteiger partial charge in [-0.3, -0.25) is 0 Å². The fourth-order valence-corrected chi connectivity index (χ4v) is 2.13. The Morgan fingerprint density at radius 2 is 1.77 bits per heavy atom. The van der Waals surface area contributed by atoms with Crippen molar-refractivity contribution in [2.75, 3.05) is 0 Å². The lowest BCUT2D eigenvalue weighted by Crippen LogP contribution is -1.94. The van der Waals surface area contributed by atoms with Crippen molar-refractivity contribution in [1.29, 1.82) is 0 Å². The molecule has 0 radical (unpaired) electrons. The summed E-state index contributed by atoms with van der Waals surface area (Å²) in [5.41, 5.74) is 2.79. The zero-order chi connectivity index (χ0) is 9.10. The van der Waals surface area contributed by atoms with Gasteiger partial charge in [-0.1, -0.05) is 64.5 Å². The van der Waals surface area contributed by atoms with Gasteiger partial charge in [0.15, 0.2) is 0 Å². The number of allylic oxidation sites excluding steroid dienone is 4. The van der Waals surface area contributed by atoms with Gasteiger partial charge < -0.3 is 0 Å². The molecule has 2 rings (SSSR count). The Bertz CT molecular complexity index is 338. The highest BCUT2D eigenvalue weighted by molar-refractivity contribution is 9.08. The molecule has 1 aliphatic carbocycles. The van der Waals surface area contributed by atoms with Gasteiger partial charge in [-0.2, -0.15) is 0 Å². The second-order valence-electron chi connectivity index (χ2n) is 3.13. The standard InChI is InChI=1S/C12H11Br/c13-9-11-7-3-4-8-12(11)10-5-1-2-6-10/h1-8,10H,9H2. The van der Waals surface area contributed by atoms with Crippen LogP contribution < -0.4 is 0 Å². The zero-order valence-electron chi connectivity index (χ0n) is 7.28. The van der Waals surface area contributed by atoms with Gasteiger partial charge in [0, 0.05) is 11.2 Å². The molecule has 0 aromatic heterocycles. The van der Waals surface area contributed by atoms with E-state index in [1.54, 1.807) is 0 Å². The molecule has 0 amide bonds. The van der Waals surface area contributed by atoms with Crippen LogP contribution in [-0.2, 0) is 5.33 Å². The maximum Gasteiger partial charge on any atom is 0.0286 e. The average Bonchev–Trinajstić information content (AvgIpc) is 2.70. The quantitative estimate of drug-likeness (QED) is 0.684. The molecule has 0 unspecified atom stereocenters. The lowest BCUT2D eigenvalue weighted by atomic mass is 9.96. The minimum absolute atomic E-state index is 0.480. The highest BCUT2D eigenvalue weighted by Gasteiger charge is 2.09. The third kappa shape index (κ3) is 1.75. The van der Waals surface area contributed by atoms with Gasteiger partial charge in [-0.25, -0.2) is 0 Å². The Labute approximate surface area is 87.1 Å². The first-order valence-corrected chi connectivity index (χ1v) is 5.52. The van der Waals surface area contributed by atoms with Crippen molar-refractivity contribution in [1.82, 2.24) is 0 Å². The van der Waals surface area contributed by atoms with Gasteiger partial charge >= 0.3 is 0 Å². The van der Waals surface area contributed by atoms with Gasteiger partial charge in [0.1, 0.15) is 0 Å². The second-order valence-corrected chi connectivity index (χ2v) is 3.69. The van der Waals surface area contributed by atoms with Gasteiger partial charge in [-0.05, 0) is 11.1 Å². The van der Waals surface area contributed by atoms with Crippen LogP contribution >= 0.6 is 15.9 Å². The maximum atomic E-state index is 3.51. The normalized spacial score (nSPS) is 15.5. The summed E-state index contributed by atoms with van der Waals surface area (Å²) in [6.45, 7) is 0. The summed E-state index contributed by atoms with van der Waals surface area (Å²) in [7, 11) is 0. The largest absolute Gasteiger partial charge is 0.0876 e. The topological polar surface area (TPSA) is 0 Å². The molecular weight excluding hydrogens is 224 g/mol. The van der Waals surface area contributed by atoms with E-state index in [-0.39, 0.29) is 0 Å². The molecule has 0 heterocycles. The van der Waals surface area contributed by atoms with E-state index in [2.05, 4.69) is 64.5 Å². The predicted octanol–water partition coefficient (Wildman–Crippen LogP) is 3.79. The molecule has 66 valence electrons. The molecule has 1 heteroatoms. The van der Waals surface area contributed by atoms with Crippen molar-refractivity contribution in [2.24, 2.45) is 0 Å². The van der Waals surface area contributed by atoms with E-state index in [1.807, 2.05) is 0 Å². The molecule has 0 bridgehead atoms. The zero-order valence-corrected chi connectivity index (χ0v) is 8.87. The molecular formula is C12H11Br. The molecule has 1 aromatic rings. The molecule has 0 N–H and O–H groups in total. The Morgan fingerprint density at radius 1 is 1.08 bits per heavy atom. The molecule has 13 heavy (non-hydrogen) atoms. The summed E-state index contributed by atoms with van der Waals surface area (Å²) in [4.78, 5) is 0. The van der Waals surface area contributed by atoms with Crippen molar-refractivity contribution in [3.8, 4) is 0 Å². The summed E-state index contributed by atoms with van der Waals surface area (Å²) >= 11 is 3.51. The number of halogens is 1. The smallest absolute Gasteiger partial charge is 0.0286 e. The molecule has 1 aromatic carbocycles. The summed E-state index contributed by atoms with van der Waals surface area (Å²) < 4.78 is 0. The fourth-order valence-electron chi connectivity index (χ4n) is 1.62. The van der Waals surface area contributed by atoms with Gasteiger partial charge in [-0.15, -0.1) is 0 Å².